The zero-order chi connectivity index (χ0) is 32.2. The molecule has 3 aromatic rings. The molecule has 0 unspecified atom stereocenters. The smallest absolute Gasteiger partial charge is 0.328 e. The Bertz CT molecular complexity index is 1250. The molecule has 0 saturated carbocycles. The first kappa shape index (κ1) is 40.9. The van der Waals surface area contributed by atoms with Gasteiger partial charge in [0.05, 0.1) is 0 Å². The van der Waals surface area contributed by atoms with Crippen LogP contribution in [0.5, 0.6) is 0 Å². The summed E-state index contributed by atoms with van der Waals surface area (Å²) >= 11 is 0. The number of benzene rings is 3. The first-order chi connectivity index (χ1) is 21.1. The Hall–Kier alpha value is -5.14. The van der Waals surface area contributed by atoms with Crippen molar-refractivity contribution in [3.63, 3.8) is 0 Å². The van der Waals surface area contributed by atoms with Crippen molar-refractivity contribution in [1.82, 2.24) is 9.80 Å². The summed E-state index contributed by atoms with van der Waals surface area (Å²) in [4.78, 5) is 43.4. The summed E-state index contributed by atoms with van der Waals surface area (Å²) in [7, 11) is 0. The predicted octanol–water partition coefficient (Wildman–Crippen LogP) is 2.80. The summed E-state index contributed by atoms with van der Waals surface area (Å²) in [5.74, 6) is -4.55. The Balaban J connectivity index is 0.000000941. The molecular weight excluding hydrogens is 596 g/mol. The predicted molar refractivity (Wildman–Crippen MR) is 174 cm³/mol. The van der Waals surface area contributed by atoms with Gasteiger partial charge in [-0.3, -0.25) is 4.90 Å². The van der Waals surface area contributed by atoms with Gasteiger partial charge in [-0.25, -0.2) is 19.2 Å². The molecule has 8 N–H and O–H groups in total. The SMILES string of the molecule is O.O.O=C(O)C=CC(=O)O.O=C(O)C=CC(=O)O.c1ccc(CN2CCN(CCC(c3ccccc3)c3ccccc3)CC2)cc1. The van der Waals surface area contributed by atoms with Crippen molar-refractivity contribution >= 4 is 23.9 Å². The van der Waals surface area contributed by atoms with Gasteiger partial charge in [-0.2, -0.15) is 0 Å². The van der Waals surface area contributed by atoms with Crippen LogP contribution in [0.3, 0.4) is 0 Å². The number of carbonyl (C=O) groups is 4. The van der Waals surface area contributed by atoms with E-state index in [2.05, 4.69) is 101 Å². The molecule has 248 valence electrons. The minimum atomic E-state index is -1.26. The lowest BCUT2D eigenvalue weighted by atomic mass is 9.88. The molecule has 0 radical (unpaired) electrons. The number of piperazine rings is 1. The molecule has 1 heterocycles. The Morgan fingerprint density at radius 2 is 0.870 bits per heavy atom. The summed E-state index contributed by atoms with van der Waals surface area (Å²) in [6, 6.07) is 32.8. The van der Waals surface area contributed by atoms with Crippen molar-refractivity contribution in [2.75, 3.05) is 32.7 Å². The normalized spacial score (nSPS) is 12.9. The molecular formula is C34H42N2O10. The Morgan fingerprint density at radius 3 is 1.22 bits per heavy atom. The van der Waals surface area contributed by atoms with Crippen LogP contribution in [-0.2, 0) is 25.7 Å². The summed E-state index contributed by atoms with van der Waals surface area (Å²) in [6.45, 7) is 6.90. The number of carboxylic acid groups (broad SMARTS) is 4. The molecule has 0 atom stereocenters. The lowest BCUT2D eigenvalue weighted by Crippen LogP contribution is -2.46. The van der Waals surface area contributed by atoms with E-state index in [4.69, 9.17) is 20.4 Å². The van der Waals surface area contributed by atoms with Gasteiger partial charge < -0.3 is 36.3 Å². The molecule has 12 nitrogen and oxygen atoms in total. The van der Waals surface area contributed by atoms with Crippen LogP contribution in [0, 0.1) is 0 Å². The molecule has 1 aliphatic rings. The van der Waals surface area contributed by atoms with Crippen molar-refractivity contribution in [1.29, 1.82) is 0 Å². The summed E-state index contributed by atoms with van der Waals surface area (Å²) < 4.78 is 0. The van der Waals surface area contributed by atoms with Gasteiger partial charge in [0.1, 0.15) is 0 Å². The highest BCUT2D eigenvalue weighted by molar-refractivity contribution is 5.90. The highest BCUT2D eigenvalue weighted by Gasteiger charge is 2.20. The minimum absolute atomic E-state index is 0. The molecule has 1 fully saturated rings. The quantitative estimate of drug-likeness (QED) is 0.225. The van der Waals surface area contributed by atoms with Gasteiger partial charge in [0.2, 0.25) is 0 Å². The van der Waals surface area contributed by atoms with E-state index in [0.717, 1.165) is 26.2 Å². The fourth-order valence-electron chi connectivity index (χ4n) is 4.51. The maximum Gasteiger partial charge on any atom is 0.328 e. The van der Waals surface area contributed by atoms with E-state index >= 15 is 0 Å². The Labute approximate surface area is 267 Å². The summed E-state index contributed by atoms with van der Waals surface area (Å²) in [5, 5.41) is 31.2. The van der Waals surface area contributed by atoms with Crippen molar-refractivity contribution in [3.05, 3.63) is 132 Å². The van der Waals surface area contributed by atoms with Crippen LogP contribution < -0.4 is 0 Å². The largest absolute Gasteiger partial charge is 0.478 e. The van der Waals surface area contributed by atoms with Gasteiger partial charge in [-0.1, -0.05) is 91.0 Å². The zero-order valence-electron chi connectivity index (χ0n) is 25.3. The maximum atomic E-state index is 9.55. The van der Waals surface area contributed by atoms with Crippen molar-refractivity contribution < 1.29 is 50.6 Å². The van der Waals surface area contributed by atoms with Gasteiger partial charge in [0, 0.05) is 62.9 Å². The lowest BCUT2D eigenvalue weighted by molar-refractivity contribution is -0.134. The standard InChI is InChI=1S/C26H30N2.2C4H4O4.2H2O/c1-4-10-23(11-5-1)22-28-20-18-27(19-21-28)17-16-26(24-12-6-2-7-13-24)25-14-8-3-9-15-25;2*5-3(6)1-2-4(7)8;;/h1-15,26H,16-22H2;2*1-2H,(H,5,6)(H,7,8);2*1H2. The topological polar surface area (TPSA) is 219 Å². The zero-order valence-corrected chi connectivity index (χ0v) is 25.3. The minimum Gasteiger partial charge on any atom is -0.478 e. The second-order valence-corrected chi connectivity index (χ2v) is 9.79. The van der Waals surface area contributed by atoms with Gasteiger partial charge in [-0.15, -0.1) is 0 Å². The Morgan fingerprint density at radius 1 is 0.543 bits per heavy atom. The van der Waals surface area contributed by atoms with Gasteiger partial charge in [-0.05, 0) is 29.7 Å². The number of hydrogen-bond donors (Lipinski definition) is 4. The van der Waals surface area contributed by atoms with E-state index in [1.807, 2.05) is 0 Å². The molecule has 4 rings (SSSR count). The number of carboxylic acids is 4. The van der Waals surface area contributed by atoms with Crippen LogP contribution in [0.2, 0.25) is 0 Å². The first-order valence-corrected chi connectivity index (χ1v) is 14.0. The average molecular weight is 639 g/mol. The highest BCUT2D eigenvalue weighted by atomic mass is 16.4. The summed E-state index contributed by atoms with van der Waals surface area (Å²) in [5.41, 5.74) is 4.27. The molecule has 3 aromatic carbocycles. The van der Waals surface area contributed by atoms with Crippen molar-refractivity contribution in [2.45, 2.75) is 18.9 Å². The van der Waals surface area contributed by atoms with Crippen LogP contribution >= 0.6 is 0 Å². The second-order valence-electron chi connectivity index (χ2n) is 9.79. The van der Waals surface area contributed by atoms with E-state index in [1.165, 1.54) is 36.2 Å². The summed E-state index contributed by atoms with van der Waals surface area (Å²) in [6.07, 6.45) is 3.40. The third-order valence-corrected chi connectivity index (χ3v) is 6.59. The van der Waals surface area contributed by atoms with Crippen LogP contribution in [0.15, 0.2) is 115 Å². The molecule has 1 aliphatic heterocycles. The number of aliphatic carboxylic acids is 4. The van der Waals surface area contributed by atoms with Crippen LogP contribution in [0.4, 0.5) is 0 Å². The first-order valence-electron chi connectivity index (χ1n) is 14.0. The van der Waals surface area contributed by atoms with E-state index in [9.17, 15) is 19.2 Å². The third kappa shape index (κ3) is 17.9. The lowest BCUT2D eigenvalue weighted by Gasteiger charge is -2.35. The molecule has 0 amide bonds. The maximum absolute atomic E-state index is 9.55. The van der Waals surface area contributed by atoms with E-state index in [1.54, 1.807) is 0 Å². The average Bonchev–Trinajstić information content (AvgIpc) is 3.02. The van der Waals surface area contributed by atoms with Gasteiger partial charge >= 0.3 is 23.9 Å². The molecule has 0 aliphatic carbocycles. The van der Waals surface area contributed by atoms with Crippen LogP contribution in [-0.4, -0.2) is 97.8 Å². The molecule has 0 bridgehead atoms. The number of rotatable bonds is 11. The number of hydrogen-bond acceptors (Lipinski definition) is 6. The Kier molecular flexibility index (Phi) is 20.7. The monoisotopic (exact) mass is 638 g/mol. The van der Waals surface area contributed by atoms with E-state index in [0.29, 0.717) is 30.2 Å². The molecule has 1 saturated heterocycles. The van der Waals surface area contributed by atoms with E-state index in [-0.39, 0.29) is 11.0 Å². The fraction of sp³-hybridized carbons (Fsp3) is 0.235. The number of nitrogens with zero attached hydrogens (tertiary/aromatic N) is 2. The van der Waals surface area contributed by atoms with Crippen molar-refractivity contribution in [3.8, 4) is 0 Å². The third-order valence-electron chi connectivity index (χ3n) is 6.59. The second kappa shape index (κ2) is 23.3. The van der Waals surface area contributed by atoms with Gasteiger partial charge in [0.25, 0.3) is 0 Å². The molecule has 0 aromatic heterocycles. The molecule has 0 spiro atoms. The van der Waals surface area contributed by atoms with E-state index < -0.39 is 23.9 Å². The van der Waals surface area contributed by atoms with Gasteiger partial charge in [0.15, 0.2) is 0 Å². The van der Waals surface area contributed by atoms with Crippen molar-refractivity contribution in [2.24, 2.45) is 0 Å². The van der Waals surface area contributed by atoms with Crippen LogP contribution in [0.25, 0.3) is 0 Å². The highest BCUT2D eigenvalue weighted by Crippen LogP contribution is 2.28. The molecule has 46 heavy (non-hydrogen) atoms. The fourth-order valence-corrected chi connectivity index (χ4v) is 4.51. The molecule has 12 heteroatoms. The van der Waals surface area contributed by atoms with Crippen LogP contribution in [0.1, 0.15) is 29.0 Å².